The predicted octanol–water partition coefficient (Wildman–Crippen LogP) is 5.37. The zero-order valence-corrected chi connectivity index (χ0v) is 18.6. The highest BCUT2D eigenvalue weighted by molar-refractivity contribution is 6.07. The smallest absolute Gasteiger partial charge is 0.258 e. The summed E-state index contributed by atoms with van der Waals surface area (Å²) in [7, 11) is 0. The fourth-order valence-corrected chi connectivity index (χ4v) is 4.53. The lowest BCUT2D eigenvalue weighted by Crippen LogP contribution is -2.39. The quantitative estimate of drug-likeness (QED) is 0.562. The number of benzene rings is 2. The zero-order valence-electron chi connectivity index (χ0n) is 18.6. The van der Waals surface area contributed by atoms with Crippen LogP contribution in [-0.2, 0) is 11.3 Å². The minimum absolute atomic E-state index is 0.00633. The first kappa shape index (κ1) is 21.2. The Labute approximate surface area is 184 Å². The number of nitrogens with one attached hydrogen (secondary N) is 1. The summed E-state index contributed by atoms with van der Waals surface area (Å²) in [5.41, 5.74) is 3.70. The first-order chi connectivity index (χ1) is 14.9. The van der Waals surface area contributed by atoms with E-state index >= 15 is 0 Å². The molecule has 0 bridgehead atoms. The average Bonchev–Trinajstić information content (AvgIpc) is 3.36. The van der Waals surface area contributed by atoms with Gasteiger partial charge in [0, 0.05) is 53.9 Å². The molecule has 2 amide bonds. The molecule has 2 aromatic carbocycles. The van der Waals surface area contributed by atoms with E-state index in [2.05, 4.69) is 31.8 Å². The van der Waals surface area contributed by atoms with Crippen molar-refractivity contribution in [1.82, 2.24) is 9.88 Å². The van der Waals surface area contributed by atoms with Crippen LogP contribution < -0.4 is 4.90 Å². The molecule has 2 heterocycles. The van der Waals surface area contributed by atoms with E-state index < -0.39 is 0 Å². The Morgan fingerprint density at radius 1 is 1.10 bits per heavy atom. The van der Waals surface area contributed by atoms with E-state index in [-0.39, 0.29) is 17.9 Å². The zero-order chi connectivity index (χ0) is 22.0. The Morgan fingerprint density at radius 2 is 1.87 bits per heavy atom. The molecule has 5 heteroatoms. The number of fused-ring (bicyclic) bond motifs is 1. The summed E-state index contributed by atoms with van der Waals surface area (Å²) < 4.78 is 0. The molecule has 5 nitrogen and oxygen atoms in total. The van der Waals surface area contributed by atoms with Crippen LogP contribution in [0.4, 0.5) is 5.69 Å². The summed E-state index contributed by atoms with van der Waals surface area (Å²) in [6, 6.07) is 16.0. The Bertz CT molecular complexity index is 1070. The summed E-state index contributed by atoms with van der Waals surface area (Å²) in [6.45, 7) is 7.92. The molecule has 1 saturated heterocycles. The Balaban J connectivity index is 1.59. The number of amides is 2. The molecule has 0 spiro atoms. The van der Waals surface area contributed by atoms with Crippen molar-refractivity contribution in [2.75, 3.05) is 11.4 Å². The third-order valence-electron chi connectivity index (χ3n) is 6.03. The van der Waals surface area contributed by atoms with E-state index in [0.717, 1.165) is 41.5 Å². The third kappa shape index (κ3) is 4.66. The topological polar surface area (TPSA) is 56.4 Å². The number of hydrogen-bond donors (Lipinski definition) is 1. The van der Waals surface area contributed by atoms with Crippen molar-refractivity contribution in [3.63, 3.8) is 0 Å². The summed E-state index contributed by atoms with van der Waals surface area (Å²) in [5.74, 6) is 0.711. The van der Waals surface area contributed by atoms with E-state index in [4.69, 9.17) is 0 Å². The standard InChI is InChI=1S/C26H31N3O2/c1-18(2)15-19(3)29(23-10-11-24-22(16-23)12-13-27-24)26(31)21-8-6-20(7-9-21)17-28-14-4-5-25(28)30/h6-13,16,18-19,27H,4-5,14-15,17H2,1-3H3. The van der Waals surface area contributed by atoms with Gasteiger partial charge >= 0.3 is 0 Å². The van der Waals surface area contributed by atoms with Gasteiger partial charge in [0.1, 0.15) is 0 Å². The molecule has 3 aromatic rings. The van der Waals surface area contributed by atoms with Crippen LogP contribution in [-0.4, -0.2) is 34.3 Å². The molecule has 1 unspecified atom stereocenters. The molecule has 4 rings (SSSR count). The fourth-order valence-electron chi connectivity index (χ4n) is 4.53. The number of carbonyl (C=O) groups excluding carboxylic acids is 2. The number of aromatic amines is 1. The van der Waals surface area contributed by atoms with Gasteiger partial charge < -0.3 is 14.8 Å². The molecule has 1 N–H and O–H groups in total. The van der Waals surface area contributed by atoms with Gasteiger partial charge in [-0.1, -0.05) is 26.0 Å². The third-order valence-corrected chi connectivity index (χ3v) is 6.03. The number of nitrogens with zero attached hydrogens (tertiary/aromatic N) is 2. The second-order valence-corrected chi connectivity index (χ2v) is 9.02. The van der Waals surface area contributed by atoms with E-state index in [1.807, 2.05) is 58.5 Å². The van der Waals surface area contributed by atoms with Gasteiger partial charge in [0.05, 0.1) is 0 Å². The van der Waals surface area contributed by atoms with Gasteiger partial charge in [-0.3, -0.25) is 9.59 Å². The molecule has 1 aromatic heterocycles. The van der Waals surface area contributed by atoms with Crippen LogP contribution in [0.25, 0.3) is 10.9 Å². The number of hydrogen-bond acceptors (Lipinski definition) is 2. The van der Waals surface area contributed by atoms with Crippen LogP contribution in [0.3, 0.4) is 0 Å². The van der Waals surface area contributed by atoms with Crippen LogP contribution >= 0.6 is 0 Å². The van der Waals surface area contributed by atoms with Gasteiger partial charge in [-0.05, 0) is 67.6 Å². The Hall–Kier alpha value is -3.08. The number of anilines is 1. The molecule has 1 aliphatic rings. The van der Waals surface area contributed by atoms with Crippen molar-refractivity contribution in [3.8, 4) is 0 Å². The summed E-state index contributed by atoms with van der Waals surface area (Å²) in [5, 5.41) is 1.10. The first-order valence-electron chi connectivity index (χ1n) is 11.2. The number of carbonyl (C=O) groups is 2. The molecular weight excluding hydrogens is 386 g/mol. The summed E-state index contributed by atoms with van der Waals surface area (Å²) in [4.78, 5) is 32.5. The molecule has 1 aliphatic heterocycles. The minimum Gasteiger partial charge on any atom is -0.361 e. The van der Waals surface area contributed by atoms with E-state index in [0.29, 0.717) is 24.4 Å². The molecule has 162 valence electrons. The molecule has 1 fully saturated rings. The van der Waals surface area contributed by atoms with Crippen molar-refractivity contribution in [2.24, 2.45) is 5.92 Å². The van der Waals surface area contributed by atoms with E-state index in [1.54, 1.807) is 0 Å². The van der Waals surface area contributed by atoms with Gasteiger partial charge in [-0.2, -0.15) is 0 Å². The average molecular weight is 418 g/mol. The highest BCUT2D eigenvalue weighted by Crippen LogP contribution is 2.27. The van der Waals surface area contributed by atoms with Gasteiger partial charge in [0.15, 0.2) is 0 Å². The number of aromatic nitrogens is 1. The van der Waals surface area contributed by atoms with Crippen LogP contribution in [0.2, 0.25) is 0 Å². The minimum atomic E-state index is 0.00633. The molecule has 0 radical (unpaired) electrons. The van der Waals surface area contributed by atoms with Crippen LogP contribution in [0.1, 0.15) is 56.0 Å². The maximum Gasteiger partial charge on any atom is 0.258 e. The summed E-state index contributed by atoms with van der Waals surface area (Å²) in [6.07, 6.45) is 4.42. The fraction of sp³-hybridized carbons (Fsp3) is 0.385. The molecular formula is C26H31N3O2. The predicted molar refractivity (Wildman–Crippen MR) is 125 cm³/mol. The lowest BCUT2D eigenvalue weighted by atomic mass is 10.0. The second kappa shape index (κ2) is 8.96. The largest absolute Gasteiger partial charge is 0.361 e. The van der Waals surface area contributed by atoms with Crippen LogP contribution in [0.15, 0.2) is 54.7 Å². The van der Waals surface area contributed by atoms with Gasteiger partial charge in [0.2, 0.25) is 5.91 Å². The number of H-pyrrole nitrogens is 1. The summed E-state index contributed by atoms with van der Waals surface area (Å²) >= 11 is 0. The van der Waals surface area contributed by atoms with Gasteiger partial charge in [0.25, 0.3) is 5.91 Å². The SMILES string of the molecule is CC(C)CC(C)N(C(=O)c1ccc(CN2CCCC2=O)cc1)c1ccc2[nH]ccc2c1. The maximum absolute atomic E-state index is 13.6. The van der Waals surface area contributed by atoms with Crippen molar-refractivity contribution >= 4 is 28.4 Å². The van der Waals surface area contributed by atoms with E-state index in [1.165, 1.54) is 0 Å². The number of rotatable bonds is 7. The van der Waals surface area contributed by atoms with Crippen LogP contribution in [0, 0.1) is 5.92 Å². The highest BCUT2D eigenvalue weighted by atomic mass is 16.2. The van der Waals surface area contributed by atoms with Crippen molar-refractivity contribution in [3.05, 3.63) is 65.9 Å². The molecule has 0 aliphatic carbocycles. The maximum atomic E-state index is 13.6. The van der Waals surface area contributed by atoms with E-state index in [9.17, 15) is 9.59 Å². The van der Waals surface area contributed by atoms with Crippen molar-refractivity contribution in [2.45, 2.75) is 52.6 Å². The van der Waals surface area contributed by atoms with Gasteiger partial charge in [-0.25, -0.2) is 0 Å². The lowest BCUT2D eigenvalue weighted by Gasteiger charge is -2.31. The highest BCUT2D eigenvalue weighted by Gasteiger charge is 2.25. The Morgan fingerprint density at radius 3 is 2.55 bits per heavy atom. The molecule has 0 saturated carbocycles. The van der Waals surface area contributed by atoms with Crippen molar-refractivity contribution < 1.29 is 9.59 Å². The lowest BCUT2D eigenvalue weighted by molar-refractivity contribution is -0.128. The monoisotopic (exact) mass is 417 g/mol. The molecule has 31 heavy (non-hydrogen) atoms. The Kier molecular flexibility index (Phi) is 6.12. The number of likely N-dealkylation sites (tertiary alicyclic amines) is 1. The second-order valence-electron chi connectivity index (χ2n) is 9.02. The normalized spacial score (nSPS) is 15.1. The first-order valence-corrected chi connectivity index (χ1v) is 11.2. The molecule has 1 atom stereocenters. The van der Waals surface area contributed by atoms with Crippen LogP contribution in [0.5, 0.6) is 0 Å². The van der Waals surface area contributed by atoms with Gasteiger partial charge in [-0.15, -0.1) is 0 Å². The van der Waals surface area contributed by atoms with Crippen molar-refractivity contribution in [1.29, 1.82) is 0 Å².